The van der Waals surface area contributed by atoms with Crippen molar-refractivity contribution in [1.29, 1.82) is 0 Å². The second-order valence-electron chi connectivity index (χ2n) is 3.30. The summed E-state index contributed by atoms with van der Waals surface area (Å²) < 4.78 is 0. The summed E-state index contributed by atoms with van der Waals surface area (Å²) in [5.74, 6) is 0.908. The van der Waals surface area contributed by atoms with E-state index in [1.165, 1.54) is 25.9 Å². The number of hydrogen-bond acceptors (Lipinski definition) is 2. The van der Waals surface area contributed by atoms with Gasteiger partial charge in [0.05, 0.1) is 6.17 Å². The van der Waals surface area contributed by atoms with Gasteiger partial charge in [-0.1, -0.05) is 13.3 Å². The number of hydrogen-bond donors (Lipinski definition) is 1. The van der Waals surface area contributed by atoms with E-state index in [2.05, 4.69) is 18.7 Å². The summed E-state index contributed by atoms with van der Waals surface area (Å²) in [5.41, 5.74) is 5.74. The molecule has 10 heavy (non-hydrogen) atoms. The van der Waals surface area contributed by atoms with Crippen molar-refractivity contribution < 1.29 is 0 Å². The molecule has 0 spiro atoms. The molecule has 0 aromatic carbocycles. The van der Waals surface area contributed by atoms with Crippen LogP contribution in [0, 0.1) is 5.92 Å². The zero-order valence-corrected chi connectivity index (χ0v) is 7.01. The van der Waals surface area contributed by atoms with Crippen LogP contribution in [-0.2, 0) is 0 Å². The Bertz CT molecular complexity index is 101. The van der Waals surface area contributed by atoms with Gasteiger partial charge < -0.3 is 5.73 Å². The standard InChI is InChI=1S/C8H18N2/c1-3-8-4-5-10(6-8)7(2)9/h7-8H,3-6,9H2,1-2H3. The van der Waals surface area contributed by atoms with E-state index in [0.29, 0.717) is 0 Å². The summed E-state index contributed by atoms with van der Waals surface area (Å²) in [6.07, 6.45) is 2.91. The zero-order chi connectivity index (χ0) is 7.56. The predicted molar refractivity (Wildman–Crippen MR) is 43.6 cm³/mol. The highest BCUT2D eigenvalue weighted by atomic mass is 15.2. The lowest BCUT2D eigenvalue weighted by Gasteiger charge is -2.19. The van der Waals surface area contributed by atoms with E-state index in [1.54, 1.807) is 0 Å². The third-order valence-corrected chi connectivity index (χ3v) is 2.47. The maximum Gasteiger partial charge on any atom is 0.0542 e. The van der Waals surface area contributed by atoms with Crippen molar-refractivity contribution >= 4 is 0 Å². The highest BCUT2D eigenvalue weighted by Gasteiger charge is 2.22. The summed E-state index contributed by atoms with van der Waals surface area (Å²) in [6.45, 7) is 6.75. The first-order chi connectivity index (χ1) is 4.74. The van der Waals surface area contributed by atoms with Crippen LogP contribution in [0.3, 0.4) is 0 Å². The third-order valence-electron chi connectivity index (χ3n) is 2.47. The van der Waals surface area contributed by atoms with Crippen LogP contribution in [0.4, 0.5) is 0 Å². The molecule has 2 atom stereocenters. The molecule has 0 amide bonds. The summed E-state index contributed by atoms with van der Waals surface area (Å²) in [7, 11) is 0. The summed E-state index contributed by atoms with van der Waals surface area (Å²) in [6, 6.07) is 0. The van der Waals surface area contributed by atoms with E-state index in [0.717, 1.165) is 5.92 Å². The normalized spacial score (nSPS) is 30.9. The Hall–Kier alpha value is -0.0800. The maximum atomic E-state index is 5.74. The molecule has 2 N–H and O–H groups in total. The fourth-order valence-electron chi connectivity index (χ4n) is 1.57. The van der Waals surface area contributed by atoms with Crippen molar-refractivity contribution in [1.82, 2.24) is 4.90 Å². The van der Waals surface area contributed by atoms with Gasteiger partial charge in [0.15, 0.2) is 0 Å². The fourth-order valence-corrected chi connectivity index (χ4v) is 1.57. The van der Waals surface area contributed by atoms with Crippen LogP contribution < -0.4 is 5.73 Å². The second-order valence-corrected chi connectivity index (χ2v) is 3.30. The summed E-state index contributed by atoms with van der Waals surface area (Å²) in [4.78, 5) is 2.36. The van der Waals surface area contributed by atoms with Crippen LogP contribution in [0.5, 0.6) is 0 Å². The lowest BCUT2D eigenvalue weighted by Crippen LogP contribution is -2.37. The SMILES string of the molecule is CCC1CCN(C(C)N)C1. The molecule has 60 valence electrons. The Morgan fingerprint density at radius 2 is 2.40 bits per heavy atom. The van der Waals surface area contributed by atoms with Crippen molar-refractivity contribution in [2.24, 2.45) is 11.7 Å². The van der Waals surface area contributed by atoms with E-state index >= 15 is 0 Å². The molecule has 2 unspecified atom stereocenters. The first-order valence-electron chi connectivity index (χ1n) is 4.23. The van der Waals surface area contributed by atoms with E-state index < -0.39 is 0 Å². The van der Waals surface area contributed by atoms with Gasteiger partial charge in [-0.05, 0) is 25.8 Å². The zero-order valence-electron chi connectivity index (χ0n) is 7.01. The monoisotopic (exact) mass is 142 g/mol. The van der Waals surface area contributed by atoms with Crippen LogP contribution in [0.1, 0.15) is 26.7 Å². The average Bonchev–Trinajstić information content (AvgIpc) is 2.34. The average molecular weight is 142 g/mol. The topological polar surface area (TPSA) is 29.3 Å². The lowest BCUT2D eigenvalue weighted by atomic mass is 10.1. The van der Waals surface area contributed by atoms with Crippen LogP contribution in [-0.4, -0.2) is 24.2 Å². The second kappa shape index (κ2) is 3.35. The largest absolute Gasteiger partial charge is 0.316 e. The molecule has 0 aliphatic carbocycles. The Labute approximate surface area is 63.4 Å². The molecular weight excluding hydrogens is 124 g/mol. The molecule has 0 bridgehead atoms. The van der Waals surface area contributed by atoms with E-state index in [9.17, 15) is 0 Å². The van der Waals surface area contributed by atoms with E-state index in [-0.39, 0.29) is 6.17 Å². The minimum absolute atomic E-state index is 0.261. The van der Waals surface area contributed by atoms with Crippen LogP contribution >= 0.6 is 0 Å². The van der Waals surface area contributed by atoms with Crippen molar-refractivity contribution in [2.45, 2.75) is 32.9 Å². The molecule has 1 saturated heterocycles. The van der Waals surface area contributed by atoms with Crippen molar-refractivity contribution in [3.63, 3.8) is 0 Å². The van der Waals surface area contributed by atoms with Crippen molar-refractivity contribution in [3.05, 3.63) is 0 Å². The van der Waals surface area contributed by atoms with E-state index in [1.807, 2.05) is 0 Å². The molecule has 1 fully saturated rings. The highest BCUT2D eigenvalue weighted by molar-refractivity contribution is 4.75. The van der Waals surface area contributed by atoms with Gasteiger partial charge in [-0.25, -0.2) is 0 Å². The van der Waals surface area contributed by atoms with Gasteiger partial charge in [0, 0.05) is 6.54 Å². The molecule has 2 nitrogen and oxygen atoms in total. The first-order valence-corrected chi connectivity index (χ1v) is 4.23. The van der Waals surface area contributed by atoms with Gasteiger partial charge in [0.25, 0.3) is 0 Å². The molecule has 2 heteroatoms. The van der Waals surface area contributed by atoms with Gasteiger partial charge in [-0.3, -0.25) is 4.90 Å². The highest BCUT2D eigenvalue weighted by Crippen LogP contribution is 2.19. The molecule has 0 radical (unpaired) electrons. The van der Waals surface area contributed by atoms with E-state index in [4.69, 9.17) is 5.73 Å². The Kier molecular flexibility index (Phi) is 2.69. The summed E-state index contributed by atoms with van der Waals surface area (Å²) in [5, 5.41) is 0. The molecule has 0 saturated carbocycles. The number of likely N-dealkylation sites (tertiary alicyclic amines) is 1. The van der Waals surface area contributed by atoms with Crippen LogP contribution in [0.2, 0.25) is 0 Å². The smallest absolute Gasteiger partial charge is 0.0542 e. The number of nitrogens with zero attached hydrogens (tertiary/aromatic N) is 1. The molecule has 1 heterocycles. The fraction of sp³-hybridized carbons (Fsp3) is 1.00. The minimum atomic E-state index is 0.261. The Balaban J connectivity index is 2.28. The molecular formula is C8H18N2. The molecule has 1 aliphatic rings. The third kappa shape index (κ3) is 1.70. The predicted octanol–water partition coefficient (Wildman–Crippen LogP) is 1.02. The minimum Gasteiger partial charge on any atom is -0.316 e. The molecule has 1 aliphatic heterocycles. The van der Waals surface area contributed by atoms with Gasteiger partial charge in [-0.15, -0.1) is 0 Å². The van der Waals surface area contributed by atoms with Crippen LogP contribution in [0.15, 0.2) is 0 Å². The number of rotatable bonds is 2. The van der Waals surface area contributed by atoms with Gasteiger partial charge >= 0.3 is 0 Å². The maximum absolute atomic E-state index is 5.74. The molecule has 0 aromatic heterocycles. The van der Waals surface area contributed by atoms with Crippen LogP contribution in [0.25, 0.3) is 0 Å². The molecule has 0 aromatic rings. The summed E-state index contributed by atoms with van der Waals surface area (Å²) >= 11 is 0. The van der Waals surface area contributed by atoms with Gasteiger partial charge in [-0.2, -0.15) is 0 Å². The van der Waals surface area contributed by atoms with Gasteiger partial charge in [0.2, 0.25) is 0 Å². The first kappa shape index (κ1) is 8.02. The van der Waals surface area contributed by atoms with Crippen molar-refractivity contribution in [2.75, 3.05) is 13.1 Å². The Morgan fingerprint density at radius 1 is 1.70 bits per heavy atom. The quantitative estimate of drug-likeness (QED) is 0.624. The van der Waals surface area contributed by atoms with Gasteiger partial charge in [0.1, 0.15) is 0 Å². The Morgan fingerprint density at radius 3 is 2.70 bits per heavy atom. The molecule has 1 rings (SSSR count). The number of nitrogens with two attached hydrogens (primary N) is 1. The van der Waals surface area contributed by atoms with Crippen molar-refractivity contribution in [3.8, 4) is 0 Å². The lowest BCUT2D eigenvalue weighted by molar-refractivity contribution is 0.254.